The van der Waals surface area contributed by atoms with Crippen LogP contribution in [0.3, 0.4) is 0 Å². The number of anilines is 1. The standard InChI is InChI=1S/C14H18N2O4/c17-12-6-5-9(14(19)20)7-11(12)16-13(18)8-15-10-3-1-2-4-10/h5-7,10,15,17H,1-4,8H2,(H,16,18)(H,19,20). The second-order valence-corrected chi connectivity index (χ2v) is 4.95. The lowest BCUT2D eigenvalue weighted by Crippen LogP contribution is -2.34. The van der Waals surface area contributed by atoms with Gasteiger partial charge in [-0.1, -0.05) is 12.8 Å². The highest BCUT2D eigenvalue weighted by atomic mass is 16.4. The second-order valence-electron chi connectivity index (χ2n) is 4.95. The maximum absolute atomic E-state index is 11.8. The zero-order chi connectivity index (χ0) is 14.5. The summed E-state index contributed by atoms with van der Waals surface area (Å²) in [7, 11) is 0. The second kappa shape index (κ2) is 6.38. The third kappa shape index (κ3) is 3.71. The van der Waals surface area contributed by atoms with Gasteiger partial charge >= 0.3 is 5.97 Å². The van der Waals surface area contributed by atoms with Crippen LogP contribution in [0, 0.1) is 0 Å². The molecule has 1 fully saturated rings. The van der Waals surface area contributed by atoms with E-state index in [-0.39, 0.29) is 29.5 Å². The molecule has 4 N–H and O–H groups in total. The Balaban J connectivity index is 1.92. The Kier molecular flexibility index (Phi) is 4.57. The summed E-state index contributed by atoms with van der Waals surface area (Å²) in [4.78, 5) is 22.6. The van der Waals surface area contributed by atoms with Gasteiger partial charge in [0.1, 0.15) is 5.75 Å². The smallest absolute Gasteiger partial charge is 0.335 e. The molecule has 1 aromatic rings. The van der Waals surface area contributed by atoms with E-state index in [9.17, 15) is 14.7 Å². The van der Waals surface area contributed by atoms with Crippen molar-refractivity contribution in [1.82, 2.24) is 5.32 Å². The molecule has 6 nitrogen and oxygen atoms in total. The van der Waals surface area contributed by atoms with E-state index >= 15 is 0 Å². The fourth-order valence-electron chi connectivity index (χ4n) is 2.33. The van der Waals surface area contributed by atoms with Crippen molar-refractivity contribution in [3.63, 3.8) is 0 Å². The topological polar surface area (TPSA) is 98.7 Å². The molecular formula is C14H18N2O4. The van der Waals surface area contributed by atoms with Gasteiger partial charge in [0.25, 0.3) is 0 Å². The van der Waals surface area contributed by atoms with E-state index in [1.165, 1.54) is 31.0 Å². The van der Waals surface area contributed by atoms with Crippen LogP contribution in [0.5, 0.6) is 5.75 Å². The van der Waals surface area contributed by atoms with Crippen LogP contribution in [0.25, 0.3) is 0 Å². The molecule has 1 aliphatic rings. The molecule has 20 heavy (non-hydrogen) atoms. The van der Waals surface area contributed by atoms with E-state index in [4.69, 9.17) is 5.11 Å². The molecule has 0 spiro atoms. The fourth-order valence-corrected chi connectivity index (χ4v) is 2.33. The third-order valence-electron chi connectivity index (χ3n) is 3.42. The molecule has 6 heteroatoms. The van der Waals surface area contributed by atoms with Gasteiger partial charge in [0.15, 0.2) is 0 Å². The molecule has 0 aromatic heterocycles. The Morgan fingerprint density at radius 3 is 2.60 bits per heavy atom. The number of amides is 1. The monoisotopic (exact) mass is 278 g/mol. The number of carboxylic acids is 1. The summed E-state index contributed by atoms with van der Waals surface area (Å²) >= 11 is 0. The van der Waals surface area contributed by atoms with Crippen molar-refractivity contribution in [2.45, 2.75) is 31.7 Å². The van der Waals surface area contributed by atoms with Crippen LogP contribution < -0.4 is 10.6 Å². The van der Waals surface area contributed by atoms with Crippen LogP contribution in [-0.2, 0) is 4.79 Å². The molecule has 0 aliphatic heterocycles. The minimum Gasteiger partial charge on any atom is -0.506 e. The summed E-state index contributed by atoms with van der Waals surface area (Å²) in [5.41, 5.74) is 0.130. The number of hydrogen-bond donors (Lipinski definition) is 4. The number of nitrogens with one attached hydrogen (secondary N) is 2. The van der Waals surface area contributed by atoms with Gasteiger partial charge in [-0.25, -0.2) is 4.79 Å². The SMILES string of the molecule is O=C(CNC1CCCC1)Nc1cc(C(=O)O)ccc1O. The normalized spacial score (nSPS) is 15.2. The number of hydrogen-bond acceptors (Lipinski definition) is 4. The first-order valence-corrected chi connectivity index (χ1v) is 6.66. The molecule has 1 amide bonds. The van der Waals surface area contributed by atoms with Crippen LogP contribution in [0.4, 0.5) is 5.69 Å². The van der Waals surface area contributed by atoms with Crippen LogP contribution >= 0.6 is 0 Å². The predicted octanol–water partition coefficient (Wildman–Crippen LogP) is 1.56. The predicted molar refractivity (Wildman–Crippen MR) is 74.0 cm³/mol. The number of aromatic carboxylic acids is 1. The number of carbonyl (C=O) groups is 2. The summed E-state index contributed by atoms with van der Waals surface area (Å²) in [5, 5.41) is 24.2. The molecular weight excluding hydrogens is 260 g/mol. The first-order valence-electron chi connectivity index (χ1n) is 6.66. The number of aromatic hydroxyl groups is 1. The molecule has 1 saturated carbocycles. The summed E-state index contributed by atoms with van der Waals surface area (Å²) in [5.74, 6) is -1.55. The van der Waals surface area contributed by atoms with Gasteiger partial charge in [0, 0.05) is 6.04 Å². The lowest BCUT2D eigenvalue weighted by atomic mass is 10.2. The maximum Gasteiger partial charge on any atom is 0.335 e. The highest BCUT2D eigenvalue weighted by molar-refractivity contribution is 5.96. The van der Waals surface area contributed by atoms with Crippen molar-refractivity contribution in [1.29, 1.82) is 0 Å². The van der Waals surface area contributed by atoms with Gasteiger partial charge < -0.3 is 20.8 Å². The van der Waals surface area contributed by atoms with E-state index in [1.54, 1.807) is 0 Å². The Bertz CT molecular complexity index is 510. The molecule has 108 valence electrons. The zero-order valence-electron chi connectivity index (χ0n) is 11.1. The van der Waals surface area contributed by atoms with E-state index in [0.29, 0.717) is 6.04 Å². The lowest BCUT2D eigenvalue weighted by molar-refractivity contribution is -0.115. The van der Waals surface area contributed by atoms with Gasteiger partial charge in [-0.15, -0.1) is 0 Å². The molecule has 1 aliphatic carbocycles. The minimum absolute atomic E-state index is 0.0156. The van der Waals surface area contributed by atoms with Crippen molar-refractivity contribution in [3.05, 3.63) is 23.8 Å². The van der Waals surface area contributed by atoms with Gasteiger partial charge in [0.05, 0.1) is 17.8 Å². The molecule has 0 bridgehead atoms. The largest absolute Gasteiger partial charge is 0.506 e. The molecule has 0 unspecified atom stereocenters. The highest BCUT2D eigenvalue weighted by Gasteiger charge is 2.16. The Morgan fingerprint density at radius 1 is 1.25 bits per heavy atom. The summed E-state index contributed by atoms with van der Waals surface area (Å²) in [6.07, 6.45) is 4.52. The molecule has 2 rings (SSSR count). The quantitative estimate of drug-likeness (QED) is 0.613. The number of phenols is 1. The third-order valence-corrected chi connectivity index (χ3v) is 3.42. The number of benzene rings is 1. The van der Waals surface area contributed by atoms with Crippen molar-refractivity contribution < 1.29 is 19.8 Å². The molecule has 0 heterocycles. The first-order chi connectivity index (χ1) is 9.56. The van der Waals surface area contributed by atoms with Gasteiger partial charge in [-0.05, 0) is 31.0 Å². The van der Waals surface area contributed by atoms with Gasteiger partial charge in [-0.3, -0.25) is 4.79 Å². The highest BCUT2D eigenvalue weighted by Crippen LogP contribution is 2.24. The number of rotatable bonds is 5. The molecule has 0 saturated heterocycles. The Morgan fingerprint density at radius 2 is 1.95 bits per heavy atom. The fraction of sp³-hybridized carbons (Fsp3) is 0.429. The van der Waals surface area contributed by atoms with E-state index in [0.717, 1.165) is 12.8 Å². The van der Waals surface area contributed by atoms with Crippen molar-refractivity contribution in [2.24, 2.45) is 0 Å². The average Bonchev–Trinajstić information content (AvgIpc) is 2.92. The number of carboxylic acid groups (broad SMARTS) is 1. The minimum atomic E-state index is -1.11. The summed E-state index contributed by atoms with van der Waals surface area (Å²) < 4.78 is 0. The molecule has 0 radical (unpaired) electrons. The number of phenolic OH excluding ortho intramolecular Hbond substituents is 1. The van der Waals surface area contributed by atoms with Crippen LogP contribution in [0.2, 0.25) is 0 Å². The van der Waals surface area contributed by atoms with Crippen molar-refractivity contribution in [2.75, 3.05) is 11.9 Å². The van der Waals surface area contributed by atoms with E-state index in [2.05, 4.69) is 10.6 Å². The Labute approximate surface area is 116 Å². The average molecular weight is 278 g/mol. The summed E-state index contributed by atoms with van der Waals surface area (Å²) in [6, 6.07) is 4.15. The number of carbonyl (C=O) groups excluding carboxylic acids is 1. The summed E-state index contributed by atoms with van der Waals surface area (Å²) in [6.45, 7) is 0.154. The van der Waals surface area contributed by atoms with Crippen LogP contribution in [0.15, 0.2) is 18.2 Å². The Hall–Kier alpha value is -2.08. The van der Waals surface area contributed by atoms with E-state index in [1.807, 2.05) is 0 Å². The molecule has 0 atom stereocenters. The van der Waals surface area contributed by atoms with Gasteiger partial charge in [0.2, 0.25) is 5.91 Å². The van der Waals surface area contributed by atoms with Crippen molar-refractivity contribution in [3.8, 4) is 5.75 Å². The zero-order valence-corrected chi connectivity index (χ0v) is 11.1. The lowest BCUT2D eigenvalue weighted by Gasteiger charge is -2.12. The maximum atomic E-state index is 11.8. The van der Waals surface area contributed by atoms with Crippen LogP contribution in [-0.4, -0.2) is 34.7 Å². The van der Waals surface area contributed by atoms with Gasteiger partial charge in [-0.2, -0.15) is 0 Å². The molecule has 1 aromatic carbocycles. The van der Waals surface area contributed by atoms with Crippen molar-refractivity contribution >= 4 is 17.6 Å². The van der Waals surface area contributed by atoms with E-state index < -0.39 is 5.97 Å². The van der Waals surface area contributed by atoms with Crippen LogP contribution in [0.1, 0.15) is 36.0 Å². The first kappa shape index (κ1) is 14.3.